The molecule has 0 saturated carbocycles. The SMILES string of the molecule is COc1cc(C)cc(OC)c1-c1ccccc1Br. The van der Waals surface area contributed by atoms with Gasteiger partial charge in [-0.05, 0) is 30.7 Å². The molecule has 2 nitrogen and oxygen atoms in total. The van der Waals surface area contributed by atoms with Gasteiger partial charge in [-0.15, -0.1) is 0 Å². The lowest BCUT2D eigenvalue weighted by Gasteiger charge is -2.15. The van der Waals surface area contributed by atoms with E-state index in [0.29, 0.717) is 0 Å². The van der Waals surface area contributed by atoms with Crippen molar-refractivity contribution in [3.8, 4) is 22.6 Å². The molecule has 0 aliphatic rings. The summed E-state index contributed by atoms with van der Waals surface area (Å²) in [5.74, 6) is 1.64. The van der Waals surface area contributed by atoms with Crippen LogP contribution in [0.15, 0.2) is 40.9 Å². The van der Waals surface area contributed by atoms with Crippen LogP contribution in [0.5, 0.6) is 11.5 Å². The largest absolute Gasteiger partial charge is 0.496 e. The zero-order valence-electron chi connectivity index (χ0n) is 10.7. The Bertz CT molecular complexity index is 539. The number of benzene rings is 2. The maximum atomic E-state index is 5.48. The number of methoxy groups -OCH3 is 2. The predicted octanol–water partition coefficient (Wildman–Crippen LogP) is 4.44. The van der Waals surface area contributed by atoms with Crippen LogP contribution in [0.3, 0.4) is 0 Å². The van der Waals surface area contributed by atoms with Crippen LogP contribution < -0.4 is 9.47 Å². The number of hydrogen-bond acceptors (Lipinski definition) is 2. The molecule has 0 spiro atoms. The van der Waals surface area contributed by atoms with Crippen LogP contribution in [0.2, 0.25) is 0 Å². The van der Waals surface area contributed by atoms with Crippen molar-refractivity contribution in [1.29, 1.82) is 0 Å². The van der Waals surface area contributed by atoms with Gasteiger partial charge in [-0.3, -0.25) is 0 Å². The van der Waals surface area contributed by atoms with E-state index in [4.69, 9.17) is 9.47 Å². The zero-order valence-corrected chi connectivity index (χ0v) is 12.2. The first-order valence-corrected chi connectivity index (χ1v) is 6.44. The Kier molecular flexibility index (Phi) is 3.92. The highest BCUT2D eigenvalue weighted by molar-refractivity contribution is 9.10. The summed E-state index contributed by atoms with van der Waals surface area (Å²) in [6, 6.07) is 12.1. The van der Waals surface area contributed by atoms with Crippen LogP contribution >= 0.6 is 15.9 Å². The Labute approximate surface area is 116 Å². The van der Waals surface area contributed by atoms with E-state index >= 15 is 0 Å². The fourth-order valence-electron chi connectivity index (χ4n) is 1.97. The molecular formula is C15H15BrO2. The molecule has 3 heteroatoms. The van der Waals surface area contributed by atoms with E-state index in [2.05, 4.69) is 15.9 Å². The number of rotatable bonds is 3. The lowest BCUT2D eigenvalue weighted by Crippen LogP contribution is -1.95. The third-order valence-corrected chi connectivity index (χ3v) is 3.48. The van der Waals surface area contributed by atoms with Crippen LogP contribution in [0.1, 0.15) is 5.56 Å². The molecule has 0 unspecified atom stereocenters. The molecular weight excluding hydrogens is 292 g/mol. The highest BCUT2D eigenvalue weighted by Gasteiger charge is 2.15. The molecule has 0 aliphatic carbocycles. The molecule has 0 atom stereocenters. The molecule has 2 rings (SSSR count). The Morgan fingerprint density at radius 3 is 2.00 bits per heavy atom. The first kappa shape index (κ1) is 13.0. The molecule has 0 heterocycles. The number of aryl methyl sites for hydroxylation is 1. The maximum absolute atomic E-state index is 5.48. The van der Waals surface area contributed by atoms with Gasteiger partial charge < -0.3 is 9.47 Å². The summed E-state index contributed by atoms with van der Waals surface area (Å²) in [5, 5.41) is 0. The van der Waals surface area contributed by atoms with Crippen LogP contribution in [-0.4, -0.2) is 14.2 Å². The quantitative estimate of drug-likeness (QED) is 0.834. The van der Waals surface area contributed by atoms with Crippen molar-refractivity contribution in [1.82, 2.24) is 0 Å². The van der Waals surface area contributed by atoms with Crippen molar-refractivity contribution in [2.75, 3.05) is 14.2 Å². The molecule has 94 valence electrons. The molecule has 2 aromatic carbocycles. The topological polar surface area (TPSA) is 18.5 Å². The van der Waals surface area contributed by atoms with E-state index in [1.807, 2.05) is 43.3 Å². The summed E-state index contributed by atoms with van der Waals surface area (Å²) in [6.45, 7) is 2.02. The Balaban J connectivity index is 2.73. The first-order chi connectivity index (χ1) is 8.67. The highest BCUT2D eigenvalue weighted by Crippen LogP contribution is 2.42. The zero-order chi connectivity index (χ0) is 13.1. The standard InChI is InChI=1S/C15H15BrO2/c1-10-8-13(17-2)15(14(9-10)18-3)11-6-4-5-7-12(11)16/h4-9H,1-3H3. The monoisotopic (exact) mass is 306 g/mol. The number of hydrogen-bond donors (Lipinski definition) is 0. The van der Waals surface area contributed by atoms with E-state index in [9.17, 15) is 0 Å². The van der Waals surface area contributed by atoms with Gasteiger partial charge in [-0.25, -0.2) is 0 Å². The van der Waals surface area contributed by atoms with Crippen molar-refractivity contribution >= 4 is 15.9 Å². The van der Waals surface area contributed by atoms with E-state index in [0.717, 1.165) is 32.7 Å². The summed E-state index contributed by atoms with van der Waals surface area (Å²) in [6.07, 6.45) is 0. The molecule has 0 amide bonds. The van der Waals surface area contributed by atoms with Crippen molar-refractivity contribution in [3.63, 3.8) is 0 Å². The minimum Gasteiger partial charge on any atom is -0.496 e. The maximum Gasteiger partial charge on any atom is 0.130 e. The summed E-state index contributed by atoms with van der Waals surface area (Å²) < 4.78 is 12.0. The van der Waals surface area contributed by atoms with E-state index in [1.165, 1.54) is 0 Å². The van der Waals surface area contributed by atoms with Crippen LogP contribution in [-0.2, 0) is 0 Å². The van der Waals surface area contributed by atoms with Gasteiger partial charge >= 0.3 is 0 Å². The number of ether oxygens (including phenoxy) is 2. The fourth-order valence-corrected chi connectivity index (χ4v) is 2.46. The average Bonchev–Trinajstić information content (AvgIpc) is 2.38. The minimum atomic E-state index is 0.818. The first-order valence-electron chi connectivity index (χ1n) is 5.65. The fraction of sp³-hybridized carbons (Fsp3) is 0.200. The molecule has 2 aromatic rings. The van der Waals surface area contributed by atoms with Crippen molar-refractivity contribution in [2.24, 2.45) is 0 Å². The molecule has 0 saturated heterocycles. The van der Waals surface area contributed by atoms with E-state index in [1.54, 1.807) is 14.2 Å². The van der Waals surface area contributed by atoms with Gasteiger partial charge in [0.25, 0.3) is 0 Å². The Morgan fingerprint density at radius 2 is 1.50 bits per heavy atom. The van der Waals surface area contributed by atoms with Crippen molar-refractivity contribution in [3.05, 3.63) is 46.4 Å². The second-order valence-corrected chi connectivity index (χ2v) is 4.88. The molecule has 0 fully saturated rings. The summed E-state index contributed by atoms with van der Waals surface area (Å²) >= 11 is 3.57. The molecule has 0 aromatic heterocycles. The molecule has 18 heavy (non-hydrogen) atoms. The molecule has 0 radical (unpaired) electrons. The average molecular weight is 307 g/mol. The van der Waals surface area contributed by atoms with E-state index in [-0.39, 0.29) is 0 Å². The summed E-state index contributed by atoms with van der Waals surface area (Å²) in [4.78, 5) is 0. The van der Waals surface area contributed by atoms with Crippen molar-refractivity contribution in [2.45, 2.75) is 6.92 Å². The number of halogens is 1. The van der Waals surface area contributed by atoms with Crippen LogP contribution in [0.4, 0.5) is 0 Å². The van der Waals surface area contributed by atoms with Gasteiger partial charge in [0.1, 0.15) is 11.5 Å². The second-order valence-electron chi connectivity index (χ2n) is 4.02. The summed E-state index contributed by atoms with van der Waals surface area (Å²) in [5.41, 5.74) is 3.14. The van der Waals surface area contributed by atoms with Gasteiger partial charge in [0, 0.05) is 10.0 Å². The Morgan fingerprint density at radius 1 is 0.944 bits per heavy atom. The minimum absolute atomic E-state index is 0.818. The van der Waals surface area contributed by atoms with Gasteiger partial charge in [-0.2, -0.15) is 0 Å². The smallest absolute Gasteiger partial charge is 0.130 e. The third kappa shape index (κ3) is 2.36. The lowest BCUT2D eigenvalue weighted by atomic mass is 10.0. The third-order valence-electron chi connectivity index (χ3n) is 2.79. The predicted molar refractivity (Wildman–Crippen MR) is 77.4 cm³/mol. The molecule has 0 bridgehead atoms. The van der Waals surface area contributed by atoms with Gasteiger partial charge in [0.2, 0.25) is 0 Å². The summed E-state index contributed by atoms with van der Waals surface area (Å²) in [7, 11) is 3.35. The molecule has 0 N–H and O–H groups in total. The van der Waals surface area contributed by atoms with Crippen LogP contribution in [0, 0.1) is 6.92 Å². The van der Waals surface area contributed by atoms with E-state index < -0.39 is 0 Å². The molecule has 0 aliphatic heterocycles. The van der Waals surface area contributed by atoms with Crippen LogP contribution in [0.25, 0.3) is 11.1 Å². The Hall–Kier alpha value is -1.48. The normalized spacial score (nSPS) is 10.2. The van der Waals surface area contributed by atoms with Gasteiger partial charge in [0.15, 0.2) is 0 Å². The van der Waals surface area contributed by atoms with Gasteiger partial charge in [-0.1, -0.05) is 34.1 Å². The lowest BCUT2D eigenvalue weighted by molar-refractivity contribution is 0.397. The van der Waals surface area contributed by atoms with Gasteiger partial charge in [0.05, 0.1) is 19.8 Å². The highest BCUT2D eigenvalue weighted by atomic mass is 79.9. The van der Waals surface area contributed by atoms with Crippen molar-refractivity contribution < 1.29 is 9.47 Å². The second kappa shape index (κ2) is 5.44.